The molecular weight excluding hydrogens is 276 g/mol. The average Bonchev–Trinajstić information content (AvgIpc) is 3.27. The van der Waals surface area contributed by atoms with Crippen molar-refractivity contribution in [3.05, 3.63) is 35.4 Å². The maximum absolute atomic E-state index is 12.2. The molecule has 1 aromatic carbocycles. The zero-order valence-corrected chi connectivity index (χ0v) is 13.5. The van der Waals surface area contributed by atoms with Gasteiger partial charge in [0.2, 0.25) is 0 Å². The number of aliphatic hydroxyl groups is 1. The normalized spacial score (nSPS) is 20.3. The highest BCUT2D eigenvalue weighted by molar-refractivity contribution is 5.74. The highest BCUT2D eigenvalue weighted by atomic mass is 16.3. The van der Waals surface area contributed by atoms with Crippen LogP contribution in [0.5, 0.6) is 0 Å². The number of urea groups is 1. The van der Waals surface area contributed by atoms with E-state index in [4.69, 9.17) is 0 Å². The molecule has 4 nitrogen and oxygen atoms in total. The van der Waals surface area contributed by atoms with Crippen molar-refractivity contribution in [2.75, 3.05) is 20.1 Å². The molecule has 1 atom stereocenters. The van der Waals surface area contributed by atoms with Gasteiger partial charge in [-0.3, -0.25) is 0 Å². The number of rotatable bonds is 5. The minimum atomic E-state index is -0.373. The first-order valence-electron chi connectivity index (χ1n) is 8.21. The third-order valence-electron chi connectivity index (χ3n) is 4.99. The number of fused-ring (bicyclic) bond motifs is 1. The number of carbonyl (C=O) groups excluding carboxylic acids is 1. The SMILES string of the molecule is CN(CC(O)C1CC1)C(=O)NCC1(C)Cc2ccccc2C1. The van der Waals surface area contributed by atoms with Gasteiger partial charge in [-0.1, -0.05) is 31.2 Å². The van der Waals surface area contributed by atoms with Gasteiger partial charge in [-0.2, -0.15) is 0 Å². The second kappa shape index (κ2) is 5.92. The number of nitrogens with zero attached hydrogens (tertiary/aromatic N) is 1. The van der Waals surface area contributed by atoms with E-state index in [2.05, 4.69) is 36.5 Å². The van der Waals surface area contributed by atoms with E-state index in [-0.39, 0.29) is 17.6 Å². The monoisotopic (exact) mass is 302 g/mol. The van der Waals surface area contributed by atoms with Crippen LogP contribution in [0.25, 0.3) is 0 Å². The van der Waals surface area contributed by atoms with Crippen LogP contribution in [0.1, 0.15) is 30.9 Å². The van der Waals surface area contributed by atoms with Crippen molar-refractivity contribution in [3.8, 4) is 0 Å². The Morgan fingerprint density at radius 3 is 2.50 bits per heavy atom. The Kier molecular flexibility index (Phi) is 4.13. The molecule has 0 aromatic heterocycles. The first-order valence-corrected chi connectivity index (χ1v) is 8.21. The molecule has 1 aromatic rings. The fourth-order valence-electron chi connectivity index (χ4n) is 3.43. The van der Waals surface area contributed by atoms with Crippen LogP contribution in [-0.4, -0.2) is 42.3 Å². The van der Waals surface area contributed by atoms with Crippen LogP contribution in [0.3, 0.4) is 0 Å². The van der Waals surface area contributed by atoms with Gasteiger partial charge in [0.05, 0.1) is 6.10 Å². The van der Waals surface area contributed by atoms with Gasteiger partial charge in [0, 0.05) is 20.1 Å². The van der Waals surface area contributed by atoms with Gasteiger partial charge < -0.3 is 15.3 Å². The summed E-state index contributed by atoms with van der Waals surface area (Å²) in [5.41, 5.74) is 2.89. The molecule has 0 bridgehead atoms. The summed E-state index contributed by atoms with van der Waals surface area (Å²) in [7, 11) is 1.76. The van der Waals surface area contributed by atoms with Crippen molar-refractivity contribution >= 4 is 6.03 Å². The van der Waals surface area contributed by atoms with Gasteiger partial charge in [-0.15, -0.1) is 0 Å². The molecule has 2 aliphatic carbocycles. The Morgan fingerprint density at radius 1 is 1.36 bits per heavy atom. The molecule has 4 heteroatoms. The maximum Gasteiger partial charge on any atom is 0.317 e. The van der Waals surface area contributed by atoms with Crippen molar-refractivity contribution in [1.29, 1.82) is 0 Å². The van der Waals surface area contributed by atoms with Crippen LogP contribution in [-0.2, 0) is 12.8 Å². The Bertz CT molecular complexity index is 529. The highest BCUT2D eigenvalue weighted by Crippen LogP contribution is 2.36. The average molecular weight is 302 g/mol. The second-order valence-electron chi connectivity index (χ2n) is 7.38. The van der Waals surface area contributed by atoms with Crippen LogP contribution in [0.4, 0.5) is 4.79 Å². The van der Waals surface area contributed by atoms with Crippen LogP contribution >= 0.6 is 0 Å². The van der Waals surface area contributed by atoms with E-state index >= 15 is 0 Å². The summed E-state index contributed by atoms with van der Waals surface area (Å²) < 4.78 is 0. The number of carbonyl (C=O) groups is 1. The molecule has 2 N–H and O–H groups in total. The van der Waals surface area contributed by atoms with Crippen molar-refractivity contribution < 1.29 is 9.90 Å². The van der Waals surface area contributed by atoms with Crippen molar-refractivity contribution in [2.45, 2.75) is 38.7 Å². The smallest absolute Gasteiger partial charge is 0.317 e. The molecule has 1 saturated carbocycles. The van der Waals surface area contributed by atoms with E-state index in [9.17, 15) is 9.90 Å². The fraction of sp³-hybridized carbons (Fsp3) is 0.611. The van der Waals surface area contributed by atoms with Crippen LogP contribution in [0.2, 0.25) is 0 Å². The van der Waals surface area contributed by atoms with Gasteiger partial charge in [-0.05, 0) is 48.1 Å². The lowest BCUT2D eigenvalue weighted by Gasteiger charge is -2.27. The van der Waals surface area contributed by atoms with Gasteiger partial charge in [0.25, 0.3) is 0 Å². The molecule has 0 aliphatic heterocycles. The first kappa shape index (κ1) is 15.3. The summed E-state index contributed by atoms with van der Waals surface area (Å²) >= 11 is 0. The lowest BCUT2D eigenvalue weighted by atomic mass is 9.87. The summed E-state index contributed by atoms with van der Waals surface area (Å²) in [6, 6.07) is 8.44. The molecule has 0 radical (unpaired) electrons. The van der Waals surface area contributed by atoms with E-state index in [0.717, 1.165) is 25.7 Å². The number of hydrogen-bond donors (Lipinski definition) is 2. The van der Waals surface area contributed by atoms with E-state index in [0.29, 0.717) is 19.0 Å². The predicted molar refractivity (Wildman–Crippen MR) is 86.7 cm³/mol. The van der Waals surface area contributed by atoms with E-state index in [1.807, 2.05) is 0 Å². The zero-order valence-electron chi connectivity index (χ0n) is 13.5. The Balaban J connectivity index is 1.48. The van der Waals surface area contributed by atoms with Crippen LogP contribution in [0, 0.1) is 11.3 Å². The lowest BCUT2D eigenvalue weighted by molar-refractivity contribution is 0.112. The molecular formula is C18H26N2O2. The van der Waals surface area contributed by atoms with Gasteiger partial charge >= 0.3 is 6.03 Å². The van der Waals surface area contributed by atoms with Crippen molar-refractivity contribution in [3.63, 3.8) is 0 Å². The number of aliphatic hydroxyl groups excluding tert-OH is 1. The summed E-state index contributed by atoms with van der Waals surface area (Å²) in [4.78, 5) is 13.8. The minimum Gasteiger partial charge on any atom is -0.391 e. The number of hydrogen-bond acceptors (Lipinski definition) is 2. The fourth-order valence-corrected chi connectivity index (χ4v) is 3.43. The van der Waals surface area contributed by atoms with Crippen molar-refractivity contribution in [1.82, 2.24) is 10.2 Å². The molecule has 3 rings (SSSR count). The molecule has 0 saturated heterocycles. The maximum atomic E-state index is 12.2. The molecule has 22 heavy (non-hydrogen) atoms. The summed E-state index contributed by atoms with van der Waals surface area (Å²) in [6.07, 6.45) is 3.83. The van der Waals surface area contributed by atoms with Crippen molar-refractivity contribution in [2.24, 2.45) is 11.3 Å². The van der Waals surface area contributed by atoms with Gasteiger partial charge in [0.1, 0.15) is 0 Å². The molecule has 120 valence electrons. The van der Waals surface area contributed by atoms with Crippen LogP contribution < -0.4 is 5.32 Å². The molecule has 1 fully saturated rings. The van der Waals surface area contributed by atoms with Gasteiger partial charge in [-0.25, -0.2) is 4.79 Å². The van der Waals surface area contributed by atoms with Crippen LogP contribution in [0.15, 0.2) is 24.3 Å². The lowest BCUT2D eigenvalue weighted by Crippen LogP contribution is -2.45. The first-order chi connectivity index (χ1) is 10.5. The summed E-state index contributed by atoms with van der Waals surface area (Å²) in [5.74, 6) is 0.400. The third kappa shape index (κ3) is 3.43. The Labute approximate surface area is 132 Å². The van der Waals surface area contributed by atoms with E-state index < -0.39 is 0 Å². The molecule has 2 aliphatic rings. The quantitative estimate of drug-likeness (QED) is 0.876. The Hall–Kier alpha value is -1.55. The minimum absolute atomic E-state index is 0.0862. The number of nitrogens with one attached hydrogen (secondary N) is 1. The Morgan fingerprint density at radius 2 is 1.95 bits per heavy atom. The zero-order chi connectivity index (χ0) is 15.7. The predicted octanol–water partition coefficient (Wildman–Crippen LogP) is 2.20. The third-order valence-corrected chi connectivity index (χ3v) is 4.99. The highest BCUT2D eigenvalue weighted by Gasteiger charge is 2.34. The molecule has 1 unspecified atom stereocenters. The standard InChI is InChI=1S/C18H26N2O2/c1-18(9-14-5-3-4-6-15(14)10-18)12-19-17(22)20(2)11-16(21)13-7-8-13/h3-6,13,16,21H,7-12H2,1-2H3,(H,19,22). The number of amides is 2. The molecule has 0 heterocycles. The van der Waals surface area contributed by atoms with E-state index in [1.54, 1.807) is 11.9 Å². The topological polar surface area (TPSA) is 52.6 Å². The molecule has 0 spiro atoms. The number of likely N-dealkylation sites (N-methyl/N-ethyl adjacent to an activating group) is 1. The largest absolute Gasteiger partial charge is 0.391 e. The summed E-state index contributed by atoms with van der Waals surface area (Å²) in [6.45, 7) is 3.32. The van der Waals surface area contributed by atoms with E-state index in [1.165, 1.54) is 11.1 Å². The number of benzene rings is 1. The van der Waals surface area contributed by atoms with Gasteiger partial charge in [0.15, 0.2) is 0 Å². The summed E-state index contributed by atoms with van der Waals surface area (Å²) in [5, 5.41) is 13.0. The second-order valence-corrected chi connectivity index (χ2v) is 7.38. The molecule has 2 amide bonds.